The zero-order chi connectivity index (χ0) is 10.4. The molecule has 0 spiro atoms. The third-order valence-corrected chi connectivity index (χ3v) is 2.02. The Balaban J connectivity index is 2.56. The van der Waals surface area contributed by atoms with Crippen LogP contribution in [0.3, 0.4) is 0 Å². The Morgan fingerprint density at radius 1 is 1.36 bits per heavy atom. The third kappa shape index (κ3) is 3.17. The molecule has 0 aliphatic rings. The van der Waals surface area contributed by atoms with Gasteiger partial charge in [0.25, 0.3) is 0 Å². The summed E-state index contributed by atoms with van der Waals surface area (Å²) < 4.78 is 0. The first-order valence-corrected chi connectivity index (χ1v) is 4.54. The second-order valence-electron chi connectivity index (χ2n) is 3.27. The van der Waals surface area contributed by atoms with E-state index in [4.69, 9.17) is 10.4 Å². The Hall–Kier alpha value is -1.37. The molecule has 1 aromatic carbocycles. The predicted octanol–water partition coefficient (Wildman–Crippen LogP) is 0.982. The molecule has 0 radical (unpaired) electrons. The molecule has 3 nitrogen and oxygen atoms in total. The lowest BCUT2D eigenvalue weighted by molar-refractivity contribution is 0.217. The number of rotatable bonds is 4. The highest BCUT2D eigenvalue weighted by Gasteiger charge is 1.99. The number of aliphatic hydroxyl groups excluding tert-OH is 1. The van der Waals surface area contributed by atoms with Crippen LogP contribution in [0.1, 0.15) is 11.1 Å². The molecular weight excluding hydrogens is 176 g/mol. The van der Waals surface area contributed by atoms with Crippen molar-refractivity contribution in [3.8, 4) is 6.07 Å². The molecule has 14 heavy (non-hydrogen) atoms. The van der Waals surface area contributed by atoms with Gasteiger partial charge in [-0.1, -0.05) is 12.1 Å². The monoisotopic (exact) mass is 190 g/mol. The molecule has 1 aromatic rings. The fourth-order valence-corrected chi connectivity index (χ4v) is 1.25. The van der Waals surface area contributed by atoms with Gasteiger partial charge in [0.1, 0.15) is 0 Å². The van der Waals surface area contributed by atoms with Crippen molar-refractivity contribution >= 4 is 0 Å². The Morgan fingerprint density at radius 2 is 2.00 bits per heavy atom. The van der Waals surface area contributed by atoms with Gasteiger partial charge in [-0.05, 0) is 24.7 Å². The molecule has 0 atom stereocenters. The van der Waals surface area contributed by atoms with E-state index in [1.54, 1.807) is 0 Å². The van der Waals surface area contributed by atoms with Crippen LogP contribution in [-0.2, 0) is 6.54 Å². The highest BCUT2D eigenvalue weighted by molar-refractivity contribution is 5.31. The summed E-state index contributed by atoms with van der Waals surface area (Å²) in [6.45, 7) is 1.64. The molecular formula is C11H14N2O. The van der Waals surface area contributed by atoms with Crippen LogP contribution < -0.4 is 0 Å². The van der Waals surface area contributed by atoms with Crippen molar-refractivity contribution in [1.29, 1.82) is 5.26 Å². The summed E-state index contributed by atoms with van der Waals surface area (Å²) in [7, 11) is 1.95. The Morgan fingerprint density at radius 3 is 2.50 bits per heavy atom. The molecule has 0 saturated heterocycles. The van der Waals surface area contributed by atoms with Gasteiger partial charge in [-0.3, -0.25) is 4.90 Å². The average Bonchev–Trinajstić information content (AvgIpc) is 2.19. The van der Waals surface area contributed by atoms with Gasteiger partial charge in [0.2, 0.25) is 0 Å². The summed E-state index contributed by atoms with van der Waals surface area (Å²) >= 11 is 0. The van der Waals surface area contributed by atoms with E-state index >= 15 is 0 Å². The fourth-order valence-electron chi connectivity index (χ4n) is 1.25. The highest BCUT2D eigenvalue weighted by atomic mass is 16.3. The van der Waals surface area contributed by atoms with Gasteiger partial charge in [0.05, 0.1) is 18.2 Å². The van der Waals surface area contributed by atoms with Crippen molar-refractivity contribution in [2.45, 2.75) is 6.54 Å². The van der Waals surface area contributed by atoms with Gasteiger partial charge in [0, 0.05) is 13.1 Å². The highest BCUT2D eigenvalue weighted by Crippen LogP contribution is 2.05. The minimum Gasteiger partial charge on any atom is -0.395 e. The number of hydrogen-bond acceptors (Lipinski definition) is 3. The number of aliphatic hydroxyl groups is 1. The summed E-state index contributed by atoms with van der Waals surface area (Å²) in [5.41, 5.74) is 1.83. The van der Waals surface area contributed by atoms with Crippen LogP contribution in [0.25, 0.3) is 0 Å². The van der Waals surface area contributed by atoms with Crippen LogP contribution in [-0.4, -0.2) is 30.2 Å². The number of hydrogen-bond donors (Lipinski definition) is 1. The summed E-state index contributed by atoms with van der Waals surface area (Å²) in [5.74, 6) is 0. The summed E-state index contributed by atoms with van der Waals surface area (Å²) in [5, 5.41) is 17.3. The molecule has 1 N–H and O–H groups in total. The molecule has 0 aliphatic heterocycles. The van der Waals surface area contributed by atoms with Gasteiger partial charge < -0.3 is 5.11 Å². The first kappa shape index (κ1) is 10.7. The lowest BCUT2D eigenvalue weighted by Gasteiger charge is -2.14. The van der Waals surface area contributed by atoms with E-state index in [0.29, 0.717) is 12.1 Å². The molecule has 0 aromatic heterocycles. The van der Waals surface area contributed by atoms with Crippen molar-refractivity contribution in [2.24, 2.45) is 0 Å². The number of benzene rings is 1. The Labute approximate surface area is 84.2 Å². The van der Waals surface area contributed by atoms with E-state index in [0.717, 1.165) is 12.1 Å². The van der Waals surface area contributed by atoms with Crippen molar-refractivity contribution in [3.05, 3.63) is 35.4 Å². The number of nitriles is 1. The molecule has 74 valence electrons. The van der Waals surface area contributed by atoms with Crippen LogP contribution in [0, 0.1) is 11.3 Å². The molecule has 1 rings (SSSR count). The van der Waals surface area contributed by atoms with Crippen molar-refractivity contribution in [2.75, 3.05) is 20.2 Å². The quantitative estimate of drug-likeness (QED) is 0.770. The van der Waals surface area contributed by atoms with Crippen LogP contribution in [0.15, 0.2) is 24.3 Å². The number of likely N-dealkylation sites (N-methyl/N-ethyl adjacent to an activating group) is 1. The van der Waals surface area contributed by atoms with E-state index in [-0.39, 0.29) is 6.61 Å². The first-order chi connectivity index (χ1) is 6.76. The first-order valence-electron chi connectivity index (χ1n) is 4.54. The van der Waals surface area contributed by atoms with E-state index in [1.165, 1.54) is 0 Å². The molecule has 0 saturated carbocycles. The largest absolute Gasteiger partial charge is 0.395 e. The normalized spacial score (nSPS) is 10.1. The van der Waals surface area contributed by atoms with E-state index < -0.39 is 0 Å². The van der Waals surface area contributed by atoms with E-state index in [9.17, 15) is 0 Å². The number of nitrogens with zero attached hydrogens (tertiary/aromatic N) is 2. The van der Waals surface area contributed by atoms with E-state index in [2.05, 4.69) is 6.07 Å². The second-order valence-corrected chi connectivity index (χ2v) is 3.27. The van der Waals surface area contributed by atoms with Crippen LogP contribution in [0.2, 0.25) is 0 Å². The third-order valence-electron chi connectivity index (χ3n) is 2.02. The lowest BCUT2D eigenvalue weighted by atomic mass is 10.1. The van der Waals surface area contributed by atoms with Crippen LogP contribution in [0.5, 0.6) is 0 Å². The maximum atomic E-state index is 8.71. The molecule has 0 fully saturated rings. The van der Waals surface area contributed by atoms with Crippen molar-refractivity contribution in [1.82, 2.24) is 4.90 Å². The van der Waals surface area contributed by atoms with Crippen LogP contribution >= 0.6 is 0 Å². The Kier molecular flexibility index (Phi) is 4.11. The van der Waals surface area contributed by atoms with Gasteiger partial charge >= 0.3 is 0 Å². The minimum absolute atomic E-state index is 0.173. The minimum atomic E-state index is 0.173. The molecule has 0 bridgehead atoms. The maximum Gasteiger partial charge on any atom is 0.0991 e. The second kappa shape index (κ2) is 5.38. The predicted molar refractivity (Wildman–Crippen MR) is 54.6 cm³/mol. The SMILES string of the molecule is CN(CCO)Cc1ccc(C#N)cc1. The summed E-state index contributed by atoms with van der Waals surface area (Å²) in [4.78, 5) is 2.03. The van der Waals surface area contributed by atoms with E-state index in [1.807, 2.05) is 36.2 Å². The Bertz CT molecular complexity index is 313. The fraction of sp³-hybridized carbons (Fsp3) is 0.364. The van der Waals surface area contributed by atoms with Gasteiger partial charge in [-0.15, -0.1) is 0 Å². The van der Waals surface area contributed by atoms with Crippen LogP contribution in [0.4, 0.5) is 0 Å². The smallest absolute Gasteiger partial charge is 0.0991 e. The standard InChI is InChI=1S/C11H14N2O/c1-13(6-7-14)9-11-4-2-10(8-12)3-5-11/h2-5,14H,6-7,9H2,1H3. The molecule has 3 heteroatoms. The van der Waals surface area contributed by atoms with Gasteiger partial charge in [-0.25, -0.2) is 0 Å². The zero-order valence-electron chi connectivity index (χ0n) is 8.27. The molecule has 0 aliphatic carbocycles. The summed E-state index contributed by atoms with van der Waals surface area (Å²) in [6.07, 6.45) is 0. The zero-order valence-corrected chi connectivity index (χ0v) is 8.27. The van der Waals surface area contributed by atoms with Crippen molar-refractivity contribution in [3.63, 3.8) is 0 Å². The topological polar surface area (TPSA) is 47.3 Å². The lowest BCUT2D eigenvalue weighted by Crippen LogP contribution is -2.21. The summed E-state index contributed by atoms with van der Waals surface area (Å²) in [6, 6.07) is 9.57. The van der Waals surface area contributed by atoms with Crippen molar-refractivity contribution < 1.29 is 5.11 Å². The maximum absolute atomic E-state index is 8.71. The molecule has 0 heterocycles. The molecule has 0 amide bonds. The average molecular weight is 190 g/mol. The molecule has 0 unspecified atom stereocenters. The van der Waals surface area contributed by atoms with Gasteiger partial charge in [-0.2, -0.15) is 5.26 Å². The van der Waals surface area contributed by atoms with Gasteiger partial charge in [0.15, 0.2) is 0 Å².